The molecule has 0 aromatic rings. The van der Waals surface area contributed by atoms with Crippen molar-refractivity contribution in [1.82, 2.24) is 0 Å². The van der Waals surface area contributed by atoms with E-state index < -0.39 is 17.3 Å². The van der Waals surface area contributed by atoms with E-state index in [1.807, 2.05) is 0 Å². The average molecular weight is 397 g/mol. The summed E-state index contributed by atoms with van der Waals surface area (Å²) in [6.07, 6.45) is 15.1. The molecule has 0 bridgehead atoms. The minimum Gasteiger partial charge on any atom is -0.467 e. The summed E-state index contributed by atoms with van der Waals surface area (Å²) in [5, 5.41) is 10.0. The molecule has 2 heterocycles. The third-order valence-corrected chi connectivity index (χ3v) is 6.49. The van der Waals surface area contributed by atoms with Crippen molar-refractivity contribution >= 4 is 5.97 Å². The zero-order valence-electron chi connectivity index (χ0n) is 17.2. The highest BCUT2D eigenvalue weighted by Gasteiger charge is 2.65. The van der Waals surface area contributed by atoms with Gasteiger partial charge in [0, 0.05) is 25.0 Å². The molecule has 1 saturated carbocycles. The first kappa shape index (κ1) is 21.8. The molecule has 160 valence electrons. The lowest BCUT2D eigenvalue weighted by atomic mass is 9.73. The van der Waals surface area contributed by atoms with Crippen molar-refractivity contribution in [2.45, 2.75) is 95.2 Å². The summed E-state index contributed by atoms with van der Waals surface area (Å²) in [6.45, 7) is 1.61. The van der Waals surface area contributed by atoms with Crippen LogP contribution < -0.4 is 0 Å². The summed E-state index contributed by atoms with van der Waals surface area (Å²) >= 11 is 0. The molecule has 0 aromatic carbocycles. The van der Waals surface area contributed by atoms with Crippen molar-refractivity contribution in [1.29, 1.82) is 0 Å². The summed E-state index contributed by atoms with van der Waals surface area (Å²) < 4.78 is 22.0. The van der Waals surface area contributed by atoms with Gasteiger partial charge in [-0.05, 0) is 57.8 Å². The number of unbranched alkanes of at least 4 members (excludes halogenated alkanes) is 4. The maximum absolute atomic E-state index is 12.4. The number of hydrogen-bond acceptors (Lipinski definition) is 6. The highest BCUT2D eigenvalue weighted by Crippen LogP contribution is 2.58. The van der Waals surface area contributed by atoms with E-state index in [1.165, 1.54) is 13.5 Å². The van der Waals surface area contributed by atoms with Crippen molar-refractivity contribution in [3.8, 4) is 0 Å². The lowest BCUT2D eigenvalue weighted by Gasteiger charge is -2.33. The van der Waals surface area contributed by atoms with Gasteiger partial charge in [-0.3, -0.25) is 0 Å². The lowest BCUT2D eigenvalue weighted by molar-refractivity contribution is -0.189. The van der Waals surface area contributed by atoms with Crippen LogP contribution in [0.3, 0.4) is 0 Å². The molecule has 3 rings (SSSR count). The molecule has 1 unspecified atom stereocenters. The normalized spacial score (nSPS) is 35.4. The smallest absolute Gasteiger partial charge is 0.339 e. The van der Waals surface area contributed by atoms with Crippen LogP contribution in [-0.2, 0) is 23.7 Å². The van der Waals surface area contributed by atoms with E-state index in [0.29, 0.717) is 12.8 Å². The second-order valence-electron chi connectivity index (χ2n) is 8.38. The molecule has 0 aromatic heterocycles. The Balaban J connectivity index is 1.35. The van der Waals surface area contributed by atoms with E-state index in [0.717, 1.165) is 71.0 Å². The van der Waals surface area contributed by atoms with Crippen LogP contribution >= 0.6 is 0 Å². The van der Waals surface area contributed by atoms with E-state index in [-0.39, 0.29) is 12.3 Å². The number of allylic oxidation sites excluding steroid dienone is 1. The third kappa shape index (κ3) is 4.78. The second kappa shape index (κ2) is 10.2. The Bertz CT molecular complexity index is 529. The number of carbonyl (C=O) groups is 1. The number of carbonyl (C=O) groups excluding carboxylic acids is 1. The first-order chi connectivity index (χ1) is 13.6. The molecule has 1 N–H and O–H groups in total. The zero-order valence-corrected chi connectivity index (χ0v) is 17.2. The highest BCUT2D eigenvalue weighted by molar-refractivity contribution is 5.82. The van der Waals surface area contributed by atoms with Gasteiger partial charge in [-0.1, -0.05) is 25.0 Å². The fraction of sp³-hybridized carbons (Fsp3) is 0.864. The van der Waals surface area contributed by atoms with Crippen LogP contribution in [0, 0.1) is 5.41 Å². The van der Waals surface area contributed by atoms with Crippen LogP contribution in [0.15, 0.2) is 12.2 Å². The molecule has 0 radical (unpaired) electrons. The molecule has 4 atom stereocenters. The maximum atomic E-state index is 12.4. The zero-order chi connectivity index (χ0) is 19.9. The van der Waals surface area contributed by atoms with Crippen molar-refractivity contribution in [2.75, 3.05) is 20.3 Å². The standard InChI is InChI=1S/C22H36O6/c1-25-20(24)22-14-10-13-21(22,17-18(23)28-22)12-7-4-2-3-5-8-15-26-19-11-6-9-16-27-19/h7,12,18-19,23H,2-6,8-11,13-17H2,1H3/t18-,19?,21+,22+/m1/s1. The monoisotopic (exact) mass is 396 g/mol. The van der Waals surface area contributed by atoms with E-state index in [4.69, 9.17) is 18.9 Å². The molecule has 6 nitrogen and oxygen atoms in total. The van der Waals surface area contributed by atoms with Gasteiger partial charge in [0.2, 0.25) is 0 Å². The molecule has 2 saturated heterocycles. The number of ether oxygens (including phenoxy) is 4. The predicted octanol–water partition coefficient (Wildman–Crippen LogP) is 3.86. The van der Waals surface area contributed by atoms with Gasteiger partial charge >= 0.3 is 5.97 Å². The fourth-order valence-corrected chi connectivity index (χ4v) is 5.02. The quantitative estimate of drug-likeness (QED) is 0.343. The predicted molar refractivity (Wildman–Crippen MR) is 105 cm³/mol. The Morgan fingerprint density at radius 2 is 2.04 bits per heavy atom. The summed E-state index contributed by atoms with van der Waals surface area (Å²) in [5.41, 5.74) is -1.43. The SMILES string of the molecule is COC(=O)[C@@]12CCC[C@@]1(C=CCCCCCCOC1CCCCO1)C[C@H](O)O2. The molecular formula is C22H36O6. The number of rotatable bonds is 10. The van der Waals surface area contributed by atoms with Crippen molar-refractivity contribution in [2.24, 2.45) is 5.41 Å². The minimum atomic E-state index is -1.00. The lowest BCUT2D eigenvalue weighted by Crippen LogP contribution is -2.47. The first-order valence-electron chi connectivity index (χ1n) is 11.0. The number of esters is 1. The Labute approximate surface area is 168 Å². The topological polar surface area (TPSA) is 74.2 Å². The van der Waals surface area contributed by atoms with Crippen LogP contribution in [0.25, 0.3) is 0 Å². The highest BCUT2D eigenvalue weighted by atomic mass is 16.7. The van der Waals surface area contributed by atoms with Crippen LogP contribution in [0.1, 0.15) is 77.0 Å². The van der Waals surface area contributed by atoms with Crippen LogP contribution in [-0.4, -0.2) is 49.6 Å². The Morgan fingerprint density at radius 3 is 2.82 bits per heavy atom. The molecule has 3 aliphatic rings. The number of aliphatic hydroxyl groups excluding tert-OH is 1. The molecule has 6 heteroatoms. The molecule has 3 fully saturated rings. The molecule has 2 aliphatic heterocycles. The number of hydrogen-bond donors (Lipinski definition) is 1. The van der Waals surface area contributed by atoms with Gasteiger partial charge in [0.1, 0.15) is 0 Å². The van der Waals surface area contributed by atoms with Gasteiger partial charge in [-0.25, -0.2) is 4.79 Å². The van der Waals surface area contributed by atoms with Crippen LogP contribution in [0.5, 0.6) is 0 Å². The average Bonchev–Trinajstić information content (AvgIpc) is 3.18. The van der Waals surface area contributed by atoms with Gasteiger partial charge in [-0.2, -0.15) is 0 Å². The minimum absolute atomic E-state index is 0.0152. The summed E-state index contributed by atoms with van der Waals surface area (Å²) in [6, 6.07) is 0. The first-order valence-corrected chi connectivity index (χ1v) is 11.0. The molecular weight excluding hydrogens is 360 g/mol. The van der Waals surface area contributed by atoms with Gasteiger partial charge in [0.15, 0.2) is 18.2 Å². The number of methoxy groups -OCH3 is 1. The fourth-order valence-electron chi connectivity index (χ4n) is 5.02. The van der Waals surface area contributed by atoms with Crippen molar-refractivity contribution < 1.29 is 28.8 Å². The van der Waals surface area contributed by atoms with Gasteiger partial charge in [-0.15, -0.1) is 0 Å². The molecule has 28 heavy (non-hydrogen) atoms. The molecule has 1 aliphatic carbocycles. The van der Waals surface area contributed by atoms with Crippen LogP contribution in [0.4, 0.5) is 0 Å². The summed E-state index contributed by atoms with van der Waals surface area (Å²) in [7, 11) is 1.39. The van der Waals surface area contributed by atoms with E-state index >= 15 is 0 Å². The van der Waals surface area contributed by atoms with Gasteiger partial charge < -0.3 is 24.1 Å². The Morgan fingerprint density at radius 1 is 1.18 bits per heavy atom. The Kier molecular flexibility index (Phi) is 7.92. The molecule has 0 spiro atoms. The van der Waals surface area contributed by atoms with Crippen molar-refractivity contribution in [3.63, 3.8) is 0 Å². The number of fused-ring (bicyclic) bond motifs is 1. The van der Waals surface area contributed by atoms with Gasteiger partial charge in [0.25, 0.3) is 0 Å². The van der Waals surface area contributed by atoms with E-state index in [1.54, 1.807) is 0 Å². The van der Waals surface area contributed by atoms with E-state index in [9.17, 15) is 9.90 Å². The largest absolute Gasteiger partial charge is 0.467 e. The Hall–Kier alpha value is -0.950. The second-order valence-corrected chi connectivity index (χ2v) is 8.38. The van der Waals surface area contributed by atoms with Gasteiger partial charge in [0.05, 0.1) is 7.11 Å². The number of aliphatic hydroxyl groups is 1. The summed E-state index contributed by atoms with van der Waals surface area (Å²) in [4.78, 5) is 12.4. The molecule has 0 amide bonds. The third-order valence-electron chi connectivity index (χ3n) is 6.49. The summed E-state index contributed by atoms with van der Waals surface area (Å²) in [5.74, 6) is -0.354. The van der Waals surface area contributed by atoms with E-state index in [2.05, 4.69) is 12.2 Å². The maximum Gasteiger partial charge on any atom is 0.339 e. The van der Waals surface area contributed by atoms with Crippen molar-refractivity contribution in [3.05, 3.63) is 12.2 Å². The van der Waals surface area contributed by atoms with Crippen LogP contribution in [0.2, 0.25) is 0 Å².